The number of hydrogen-bond donors (Lipinski definition) is 3. The molecule has 1 heterocycles. The molecule has 0 aliphatic carbocycles. The number of carbonyl (C=O) groups excluding carboxylic acids is 1. The highest BCUT2D eigenvalue weighted by Crippen LogP contribution is 2.16. The lowest BCUT2D eigenvalue weighted by Crippen LogP contribution is -2.48. The highest BCUT2D eigenvalue weighted by atomic mass is 19.4. The van der Waals surface area contributed by atoms with E-state index in [0.717, 1.165) is 0 Å². The smallest absolute Gasteiger partial charge is 0.386 e. The van der Waals surface area contributed by atoms with Crippen molar-refractivity contribution in [2.75, 3.05) is 26.3 Å². The van der Waals surface area contributed by atoms with Crippen LogP contribution < -0.4 is 10.6 Å². The monoisotopic (exact) mass is 242 g/mol. The van der Waals surface area contributed by atoms with Crippen LogP contribution in [0.3, 0.4) is 0 Å². The first-order valence-corrected chi connectivity index (χ1v) is 4.69. The maximum Gasteiger partial charge on any atom is 0.405 e. The summed E-state index contributed by atoms with van der Waals surface area (Å²) in [7, 11) is 0. The second-order valence-electron chi connectivity index (χ2n) is 3.68. The van der Waals surface area contributed by atoms with Crippen molar-refractivity contribution in [3.05, 3.63) is 0 Å². The Labute approximate surface area is 90.0 Å². The molecule has 5 nitrogen and oxygen atoms in total. The molecule has 0 aromatic rings. The molecule has 0 saturated carbocycles. The van der Waals surface area contributed by atoms with E-state index in [4.69, 9.17) is 4.74 Å². The fourth-order valence-corrected chi connectivity index (χ4v) is 1.22. The number of ether oxygens (including phenoxy) is 1. The molecule has 0 bridgehead atoms. The zero-order chi connectivity index (χ0) is 12.2. The fourth-order valence-electron chi connectivity index (χ4n) is 1.22. The largest absolute Gasteiger partial charge is 0.405 e. The van der Waals surface area contributed by atoms with E-state index in [1.807, 2.05) is 0 Å². The summed E-state index contributed by atoms with van der Waals surface area (Å²) < 4.78 is 40.1. The van der Waals surface area contributed by atoms with Crippen molar-refractivity contribution >= 4 is 6.03 Å². The molecular formula is C8H13F3N2O3. The minimum absolute atomic E-state index is 0.0759. The van der Waals surface area contributed by atoms with Crippen molar-refractivity contribution in [2.24, 2.45) is 0 Å². The predicted molar refractivity (Wildman–Crippen MR) is 47.8 cm³/mol. The molecule has 94 valence electrons. The van der Waals surface area contributed by atoms with Crippen molar-refractivity contribution < 1.29 is 27.8 Å². The lowest BCUT2D eigenvalue weighted by Gasteiger charge is -2.20. The molecule has 16 heavy (non-hydrogen) atoms. The summed E-state index contributed by atoms with van der Waals surface area (Å²) in [4.78, 5) is 10.9. The van der Waals surface area contributed by atoms with E-state index in [2.05, 4.69) is 5.32 Å². The van der Waals surface area contributed by atoms with Crippen LogP contribution >= 0.6 is 0 Å². The number of hydrogen-bond acceptors (Lipinski definition) is 3. The normalized spacial score (nSPS) is 25.5. The first-order chi connectivity index (χ1) is 7.31. The molecule has 8 heteroatoms. The Balaban J connectivity index is 2.20. The zero-order valence-corrected chi connectivity index (χ0v) is 8.43. The first kappa shape index (κ1) is 13.0. The summed E-state index contributed by atoms with van der Waals surface area (Å²) in [6.45, 7) is -1.07. The van der Waals surface area contributed by atoms with Crippen LogP contribution in [0.1, 0.15) is 6.42 Å². The van der Waals surface area contributed by atoms with E-state index in [1.165, 1.54) is 0 Å². The molecule has 0 spiro atoms. The third kappa shape index (κ3) is 4.67. The lowest BCUT2D eigenvalue weighted by molar-refractivity contribution is -0.122. The molecule has 1 rings (SSSR count). The molecule has 1 saturated heterocycles. The van der Waals surface area contributed by atoms with Gasteiger partial charge in [0.2, 0.25) is 0 Å². The summed E-state index contributed by atoms with van der Waals surface area (Å²) >= 11 is 0. The van der Waals surface area contributed by atoms with Crippen molar-refractivity contribution in [1.29, 1.82) is 0 Å². The van der Waals surface area contributed by atoms with Gasteiger partial charge in [0.05, 0.1) is 13.2 Å². The van der Waals surface area contributed by atoms with Crippen LogP contribution in [0.2, 0.25) is 0 Å². The second kappa shape index (κ2) is 4.88. The van der Waals surface area contributed by atoms with Crippen LogP contribution in [0.15, 0.2) is 0 Å². The molecule has 3 N–H and O–H groups in total. The van der Waals surface area contributed by atoms with Crippen LogP contribution in [0, 0.1) is 0 Å². The van der Waals surface area contributed by atoms with Gasteiger partial charge in [0, 0.05) is 13.0 Å². The van der Waals surface area contributed by atoms with E-state index in [1.54, 1.807) is 5.32 Å². The van der Waals surface area contributed by atoms with Crippen LogP contribution in [-0.4, -0.2) is 49.2 Å². The summed E-state index contributed by atoms with van der Waals surface area (Å²) in [6.07, 6.45) is -4.09. The Kier molecular flexibility index (Phi) is 3.98. The van der Waals surface area contributed by atoms with Gasteiger partial charge < -0.3 is 20.5 Å². The number of nitrogens with one attached hydrogen (secondary N) is 2. The maximum absolute atomic E-state index is 11.7. The van der Waals surface area contributed by atoms with Crippen LogP contribution in [0.5, 0.6) is 0 Å². The molecule has 1 aliphatic rings. The van der Waals surface area contributed by atoms with Gasteiger partial charge in [0.1, 0.15) is 12.1 Å². The number of halogens is 3. The van der Waals surface area contributed by atoms with Gasteiger partial charge in [-0.2, -0.15) is 13.2 Å². The number of rotatable bonds is 3. The van der Waals surface area contributed by atoms with Gasteiger partial charge in [-0.3, -0.25) is 0 Å². The number of amides is 2. The van der Waals surface area contributed by atoms with Gasteiger partial charge in [-0.05, 0) is 0 Å². The SMILES string of the molecule is O=C(NCC(F)(F)F)NCC1(O)CCOC1. The number of urea groups is 1. The van der Waals surface area contributed by atoms with E-state index in [9.17, 15) is 23.1 Å². The lowest BCUT2D eigenvalue weighted by atomic mass is 10.0. The molecular weight excluding hydrogens is 229 g/mol. The van der Waals surface area contributed by atoms with Crippen LogP contribution in [0.25, 0.3) is 0 Å². The molecule has 0 radical (unpaired) electrons. The number of aliphatic hydroxyl groups is 1. The molecule has 1 fully saturated rings. The van der Waals surface area contributed by atoms with E-state index in [0.29, 0.717) is 13.0 Å². The summed E-state index contributed by atoms with van der Waals surface area (Å²) in [5.41, 5.74) is -1.17. The summed E-state index contributed by atoms with van der Waals surface area (Å²) in [6, 6.07) is -0.961. The molecule has 0 aromatic heterocycles. The number of carbonyl (C=O) groups is 1. The Bertz CT molecular complexity index is 251. The van der Waals surface area contributed by atoms with E-state index < -0.39 is 24.4 Å². The first-order valence-electron chi connectivity index (χ1n) is 4.69. The third-order valence-electron chi connectivity index (χ3n) is 2.11. The van der Waals surface area contributed by atoms with Gasteiger partial charge in [-0.1, -0.05) is 0 Å². The summed E-state index contributed by atoms with van der Waals surface area (Å²) in [5.74, 6) is 0. The van der Waals surface area contributed by atoms with Gasteiger partial charge in [-0.25, -0.2) is 4.79 Å². The van der Waals surface area contributed by atoms with Crippen LogP contribution in [-0.2, 0) is 4.74 Å². The standard InChI is InChI=1S/C8H13F3N2O3/c9-8(10,11)4-13-6(14)12-3-7(15)1-2-16-5-7/h15H,1-5H2,(H2,12,13,14). The molecule has 1 aliphatic heterocycles. The van der Waals surface area contributed by atoms with Gasteiger partial charge in [0.15, 0.2) is 0 Å². The average Bonchev–Trinajstić information content (AvgIpc) is 2.59. The minimum Gasteiger partial charge on any atom is -0.386 e. The second-order valence-corrected chi connectivity index (χ2v) is 3.68. The topological polar surface area (TPSA) is 70.6 Å². The van der Waals surface area contributed by atoms with Crippen molar-refractivity contribution in [1.82, 2.24) is 10.6 Å². The van der Waals surface area contributed by atoms with Gasteiger partial charge in [-0.15, -0.1) is 0 Å². The quantitative estimate of drug-likeness (QED) is 0.652. The third-order valence-corrected chi connectivity index (χ3v) is 2.11. The van der Waals surface area contributed by atoms with E-state index >= 15 is 0 Å². The van der Waals surface area contributed by atoms with E-state index in [-0.39, 0.29) is 13.2 Å². The number of alkyl halides is 3. The highest BCUT2D eigenvalue weighted by Gasteiger charge is 2.33. The molecule has 1 unspecified atom stereocenters. The Morgan fingerprint density at radius 3 is 2.62 bits per heavy atom. The average molecular weight is 242 g/mol. The Morgan fingerprint density at radius 2 is 2.12 bits per heavy atom. The molecule has 1 atom stereocenters. The fraction of sp³-hybridized carbons (Fsp3) is 0.875. The molecule has 0 aromatic carbocycles. The Morgan fingerprint density at radius 1 is 1.44 bits per heavy atom. The highest BCUT2D eigenvalue weighted by molar-refractivity contribution is 5.73. The Hall–Kier alpha value is -1.02. The predicted octanol–water partition coefficient (Wildman–Crippen LogP) is -0.000700. The summed E-state index contributed by atoms with van der Waals surface area (Å²) in [5, 5.41) is 13.5. The van der Waals surface area contributed by atoms with Crippen LogP contribution in [0.4, 0.5) is 18.0 Å². The van der Waals surface area contributed by atoms with Gasteiger partial charge >= 0.3 is 12.2 Å². The zero-order valence-electron chi connectivity index (χ0n) is 8.43. The van der Waals surface area contributed by atoms with Crippen molar-refractivity contribution in [2.45, 2.75) is 18.2 Å². The van der Waals surface area contributed by atoms with Gasteiger partial charge in [0.25, 0.3) is 0 Å². The minimum atomic E-state index is -4.44. The van der Waals surface area contributed by atoms with Crippen molar-refractivity contribution in [3.8, 4) is 0 Å². The van der Waals surface area contributed by atoms with Crippen molar-refractivity contribution in [3.63, 3.8) is 0 Å². The molecule has 2 amide bonds. The maximum atomic E-state index is 11.7.